The number of urea groups is 1. The van der Waals surface area contributed by atoms with Gasteiger partial charge < -0.3 is 14.9 Å². The number of aliphatic carboxylic acids is 1. The van der Waals surface area contributed by atoms with Crippen LogP contribution in [-0.4, -0.2) is 53.1 Å². The molecule has 2 atom stereocenters. The monoisotopic (exact) mass is 310 g/mol. The number of likely N-dealkylation sites (tertiary alicyclic amines) is 1. The number of thiophene rings is 1. The van der Waals surface area contributed by atoms with Crippen molar-refractivity contribution in [2.45, 2.75) is 32.2 Å². The zero-order valence-electron chi connectivity index (χ0n) is 12.5. The first-order chi connectivity index (χ1) is 9.99. The van der Waals surface area contributed by atoms with Crippen molar-refractivity contribution >= 4 is 23.3 Å². The van der Waals surface area contributed by atoms with Gasteiger partial charge >= 0.3 is 12.0 Å². The molecule has 0 spiro atoms. The number of carbonyl (C=O) groups excluding carboxylic acids is 1. The summed E-state index contributed by atoms with van der Waals surface area (Å²) in [5, 5.41) is 11.1. The molecule has 2 heterocycles. The number of hydrogen-bond acceptors (Lipinski definition) is 3. The number of rotatable bonds is 4. The van der Waals surface area contributed by atoms with Gasteiger partial charge in [-0.05, 0) is 31.2 Å². The molecule has 21 heavy (non-hydrogen) atoms. The number of carbonyl (C=O) groups is 2. The van der Waals surface area contributed by atoms with Gasteiger partial charge in [0.25, 0.3) is 0 Å². The van der Waals surface area contributed by atoms with Crippen molar-refractivity contribution in [2.24, 2.45) is 5.92 Å². The Kier molecular flexibility index (Phi) is 5.22. The maximum absolute atomic E-state index is 12.5. The Labute approximate surface area is 129 Å². The van der Waals surface area contributed by atoms with Crippen LogP contribution < -0.4 is 0 Å². The number of carboxylic acid groups (broad SMARTS) is 1. The maximum Gasteiger partial charge on any atom is 0.320 e. The first-order valence-electron chi connectivity index (χ1n) is 7.26. The van der Waals surface area contributed by atoms with Crippen LogP contribution in [0.25, 0.3) is 0 Å². The van der Waals surface area contributed by atoms with Crippen LogP contribution in [0.4, 0.5) is 4.79 Å². The van der Waals surface area contributed by atoms with Gasteiger partial charge in [-0.25, -0.2) is 4.79 Å². The lowest BCUT2D eigenvalue weighted by atomic mass is 9.98. The van der Waals surface area contributed by atoms with Gasteiger partial charge in [-0.2, -0.15) is 0 Å². The molecule has 2 amide bonds. The fourth-order valence-electron chi connectivity index (χ4n) is 2.62. The van der Waals surface area contributed by atoms with Gasteiger partial charge in [0.05, 0.1) is 5.92 Å². The van der Waals surface area contributed by atoms with E-state index in [1.54, 1.807) is 28.2 Å². The van der Waals surface area contributed by atoms with Gasteiger partial charge in [-0.15, -0.1) is 11.3 Å². The molecule has 2 rings (SSSR count). The van der Waals surface area contributed by atoms with E-state index in [0.29, 0.717) is 19.5 Å². The van der Waals surface area contributed by atoms with Crippen LogP contribution in [0.1, 0.15) is 24.6 Å². The lowest BCUT2D eigenvalue weighted by Crippen LogP contribution is -2.50. The van der Waals surface area contributed by atoms with Gasteiger partial charge in [0, 0.05) is 37.5 Å². The lowest BCUT2D eigenvalue weighted by Gasteiger charge is -2.36. The molecule has 1 aromatic heterocycles. The van der Waals surface area contributed by atoms with Gasteiger partial charge in [0.2, 0.25) is 0 Å². The highest BCUT2D eigenvalue weighted by Crippen LogP contribution is 2.19. The van der Waals surface area contributed by atoms with Crippen LogP contribution >= 0.6 is 11.3 Å². The Morgan fingerprint density at radius 3 is 2.95 bits per heavy atom. The highest BCUT2D eigenvalue weighted by molar-refractivity contribution is 7.09. The molecule has 1 N–H and O–H groups in total. The third kappa shape index (κ3) is 3.97. The molecule has 1 aromatic rings. The van der Waals surface area contributed by atoms with Crippen molar-refractivity contribution in [3.63, 3.8) is 0 Å². The van der Waals surface area contributed by atoms with Crippen molar-refractivity contribution in [3.05, 3.63) is 22.4 Å². The van der Waals surface area contributed by atoms with E-state index in [0.717, 1.165) is 12.8 Å². The number of carboxylic acids is 1. The minimum absolute atomic E-state index is 0.0648. The highest BCUT2D eigenvalue weighted by Gasteiger charge is 2.30. The van der Waals surface area contributed by atoms with Gasteiger partial charge in [0.15, 0.2) is 0 Å². The minimum Gasteiger partial charge on any atom is -0.481 e. The topological polar surface area (TPSA) is 60.9 Å². The van der Waals surface area contributed by atoms with E-state index in [1.165, 1.54) is 4.88 Å². The minimum atomic E-state index is -0.804. The normalized spacial score (nSPS) is 20.1. The van der Waals surface area contributed by atoms with Gasteiger partial charge in [-0.1, -0.05) is 6.07 Å². The largest absolute Gasteiger partial charge is 0.481 e. The van der Waals surface area contributed by atoms with Crippen LogP contribution in [0.3, 0.4) is 0 Å². The van der Waals surface area contributed by atoms with Crippen molar-refractivity contribution in [2.75, 3.05) is 20.1 Å². The molecule has 6 heteroatoms. The van der Waals surface area contributed by atoms with E-state index in [2.05, 4.69) is 6.07 Å². The molecular formula is C15H22N2O3S. The van der Waals surface area contributed by atoms with Crippen molar-refractivity contribution in [1.29, 1.82) is 0 Å². The molecule has 2 unspecified atom stereocenters. The molecule has 1 saturated heterocycles. The first kappa shape index (κ1) is 15.8. The molecular weight excluding hydrogens is 288 g/mol. The predicted molar refractivity (Wildman–Crippen MR) is 82.6 cm³/mol. The lowest BCUT2D eigenvalue weighted by molar-refractivity contribution is -0.143. The van der Waals surface area contributed by atoms with Gasteiger partial charge in [-0.3, -0.25) is 4.79 Å². The van der Waals surface area contributed by atoms with Gasteiger partial charge in [0.1, 0.15) is 0 Å². The average Bonchev–Trinajstić information content (AvgIpc) is 2.98. The Morgan fingerprint density at radius 1 is 1.57 bits per heavy atom. The molecule has 116 valence electrons. The second-order valence-corrected chi connectivity index (χ2v) is 6.68. The van der Waals surface area contributed by atoms with E-state index < -0.39 is 11.9 Å². The summed E-state index contributed by atoms with van der Waals surface area (Å²) in [6, 6.07) is 4.11. The van der Waals surface area contributed by atoms with Crippen molar-refractivity contribution < 1.29 is 14.7 Å². The molecule has 0 bridgehead atoms. The van der Waals surface area contributed by atoms with Crippen LogP contribution in [0.5, 0.6) is 0 Å². The van der Waals surface area contributed by atoms with Crippen molar-refractivity contribution in [3.8, 4) is 0 Å². The molecule has 0 saturated carbocycles. The summed E-state index contributed by atoms with van der Waals surface area (Å²) in [6.45, 7) is 3.00. The highest BCUT2D eigenvalue weighted by atomic mass is 32.1. The van der Waals surface area contributed by atoms with Crippen molar-refractivity contribution in [1.82, 2.24) is 9.80 Å². The number of hydrogen-bond donors (Lipinski definition) is 1. The summed E-state index contributed by atoms with van der Waals surface area (Å²) in [6.07, 6.45) is 2.25. The Hall–Kier alpha value is -1.56. The second kappa shape index (κ2) is 6.93. The molecule has 0 radical (unpaired) electrons. The molecule has 0 aliphatic carbocycles. The molecule has 1 aliphatic rings. The Bertz CT molecular complexity index is 489. The predicted octanol–water partition coefficient (Wildman–Crippen LogP) is 2.53. The SMILES string of the molecule is CC(Cc1cccs1)N(C)C(=O)N1CCCC(C(=O)O)C1. The first-order valence-corrected chi connectivity index (χ1v) is 8.14. The summed E-state index contributed by atoms with van der Waals surface area (Å²) < 4.78 is 0. The molecule has 1 aliphatic heterocycles. The fraction of sp³-hybridized carbons (Fsp3) is 0.600. The van der Waals surface area contributed by atoms with Crippen LogP contribution in [0, 0.1) is 5.92 Å². The number of likely N-dealkylation sites (N-methyl/N-ethyl adjacent to an activating group) is 1. The molecule has 5 nitrogen and oxygen atoms in total. The number of nitrogens with zero attached hydrogens (tertiary/aromatic N) is 2. The average molecular weight is 310 g/mol. The third-order valence-corrected chi connectivity index (χ3v) is 4.98. The van der Waals surface area contributed by atoms with Crippen LogP contribution in [0.2, 0.25) is 0 Å². The molecule has 1 fully saturated rings. The zero-order valence-corrected chi connectivity index (χ0v) is 13.3. The van der Waals surface area contributed by atoms with E-state index in [9.17, 15) is 9.59 Å². The Morgan fingerprint density at radius 2 is 2.33 bits per heavy atom. The quantitative estimate of drug-likeness (QED) is 0.929. The van der Waals surface area contributed by atoms with E-state index in [1.807, 2.05) is 18.4 Å². The van der Waals surface area contributed by atoms with E-state index in [4.69, 9.17) is 5.11 Å². The van der Waals surface area contributed by atoms with Crippen LogP contribution in [-0.2, 0) is 11.2 Å². The third-order valence-electron chi connectivity index (χ3n) is 4.08. The zero-order chi connectivity index (χ0) is 15.4. The van der Waals surface area contributed by atoms with Crippen LogP contribution in [0.15, 0.2) is 17.5 Å². The maximum atomic E-state index is 12.5. The summed E-state index contributed by atoms with van der Waals surface area (Å²) in [4.78, 5) is 28.2. The summed E-state index contributed by atoms with van der Waals surface area (Å²) in [5.41, 5.74) is 0. The number of amides is 2. The summed E-state index contributed by atoms with van der Waals surface area (Å²) >= 11 is 1.69. The molecule has 0 aromatic carbocycles. The smallest absolute Gasteiger partial charge is 0.320 e. The number of piperidine rings is 1. The summed E-state index contributed by atoms with van der Waals surface area (Å²) in [7, 11) is 1.80. The standard InChI is InChI=1S/C15H22N2O3S/c1-11(9-13-6-4-8-21-13)16(2)15(20)17-7-3-5-12(10-17)14(18)19/h4,6,8,11-12H,3,5,7,9-10H2,1-2H3,(H,18,19). The summed E-state index contributed by atoms with van der Waals surface area (Å²) in [5.74, 6) is -1.23. The fourth-order valence-corrected chi connectivity index (χ4v) is 3.45. The second-order valence-electron chi connectivity index (χ2n) is 5.65. The van der Waals surface area contributed by atoms with E-state index >= 15 is 0 Å². The Balaban J connectivity index is 1.93. The van der Waals surface area contributed by atoms with E-state index in [-0.39, 0.29) is 12.1 Å².